The van der Waals surface area contributed by atoms with E-state index in [0.29, 0.717) is 6.92 Å². The molecule has 0 radical (unpaired) electrons. The molecule has 0 fully saturated rings. The lowest BCUT2D eigenvalue weighted by atomic mass is 9.94. The van der Waals surface area contributed by atoms with Crippen LogP contribution in [0.15, 0.2) is 0 Å². The van der Waals surface area contributed by atoms with Gasteiger partial charge in [0.05, 0.1) is 5.56 Å². The molecule has 1 rings (SSSR count). The second kappa shape index (κ2) is 3.95. The summed E-state index contributed by atoms with van der Waals surface area (Å²) < 4.78 is 64.3. The maximum atomic E-state index is 13.1. The maximum absolute atomic E-state index is 13.1. The number of benzene rings is 1. The summed E-state index contributed by atoms with van der Waals surface area (Å²) in [5, 5.41) is 17.7. The van der Waals surface area contributed by atoms with Gasteiger partial charge in [0.1, 0.15) is 0 Å². The minimum Gasteiger partial charge on any atom is -0.479 e. The highest BCUT2D eigenvalue weighted by Gasteiger charge is 2.42. The second-order valence-corrected chi connectivity index (χ2v) is 3.32. The minimum atomic E-state index is -3.23. The van der Waals surface area contributed by atoms with Crippen LogP contribution in [-0.2, 0) is 10.4 Å². The van der Waals surface area contributed by atoms with Crippen LogP contribution in [0, 0.1) is 29.1 Å². The van der Waals surface area contributed by atoms with Gasteiger partial charge in [0.25, 0.3) is 0 Å². The first kappa shape index (κ1) is 13.4. The summed E-state index contributed by atoms with van der Waals surface area (Å²) in [5.41, 5.74) is -5.04. The quantitative estimate of drug-likeness (QED) is 0.480. The Labute approximate surface area is 91.1 Å². The van der Waals surface area contributed by atoms with Crippen LogP contribution in [0.1, 0.15) is 12.5 Å². The number of halogens is 5. The van der Waals surface area contributed by atoms with Gasteiger partial charge in [0.2, 0.25) is 5.82 Å². The van der Waals surface area contributed by atoms with Gasteiger partial charge in [-0.3, -0.25) is 0 Å². The highest BCUT2D eigenvalue weighted by Crippen LogP contribution is 2.31. The third-order valence-electron chi connectivity index (χ3n) is 2.11. The number of hydrogen-bond acceptors (Lipinski definition) is 2. The Balaban J connectivity index is 3.72. The number of rotatable bonds is 2. The van der Waals surface area contributed by atoms with Crippen LogP contribution < -0.4 is 0 Å². The molecule has 0 saturated heterocycles. The van der Waals surface area contributed by atoms with E-state index in [0.717, 1.165) is 0 Å². The smallest absolute Gasteiger partial charge is 0.340 e. The van der Waals surface area contributed by atoms with Gasteiger partial charge in [0.15, 0.2) is 28.9 Å². The van der Waals surface area contributed by atoms with Crippen LogP contribution in [-0.4, -0.2) is 16.2 Å². The van der Waals surface area contributed by atoms with E-state index in [1.807, 2.05) is 0 Å². The van der Waals surface area contributed by atoms with Crippen LogP contribution in [0.4, 0.5) is 22.0 Å². The lowest BCUT2D eigenvalue weighted by molar-refractivity contribution is -0.158. The third kappa shape index (κ3) is 1.84. The molecular weight excluding hydrogens is 251 g/mol. The van der Waals surface area contributed by atoms with Crippen LogP contribution >= 0.6 is 0 Å². The normalized spacial score (nSPS) is 14.5. The largest absolute Gasteiger partial charge is 0.479 e. The number of carboxylic acid groups (broad SMARTS) is 1. The van der Waals surface area contributed by atoms with E-state index in [4.69, 9.17) is 5.11 Å². The first-order valence-corrected chi connectivity index (χ1v) is 4.10. The van der Waals surface area contributed by atoms with Crippen LogP contribution in [0.5, 0.6) is 0 Å². The first-order chi connectivity index (χ1) is 7.62. The zero-order valence-corrected chi connectivity index (χ0v) is 8.19. The van der Waals surface area contributed by atoms with Crippen LogP contribution in [0.2, 0.25) is 0 Å². The molecule has 3 nitrogen and oxygen atoms in total. The van der Waals surface area contributed by atoms with Crippen molar-refractivity contribution in [3.63, 3.8) is 0 Å². The van der Waals surface area contributed by atoms with Crippen molar-refractivity contribution in [1.29, 1.82) is 0 Å². The fraction of sp³-hybridized carbons (Fsp3) is 0.222. The Kier molecular flexibility index (Phi) is 3.11. The zero-order valence-electron chi connectivity index (χ0n) is 8.19. The SMILES string of the molecule is CC(O)(C(=O)O)c1c(F)c(F)c(F)c(F)c1F. The zero-order chi connectivity index (χ0) is 13.5. The number of hydrogen-bond donors (Lipinski definition) is 2. The molecule has 0 aromatic heterocycles. The molecule has 0 heterocycles. The van der Waals surface area contributed by atoms with Gasteiger partial charge in [0, 0.05) is 0 Å². The fourth-order valence-corrected chi connectivity index (χ4v) is 1.14. The highest BCUT2D eigenvalue weighted by molar-refractivity contribution is 5.78. The van der Waals surface area contributed by atoms with Crippen molar-refractivity contribution in [3.05, 3.63) is 34.6 Å². The van der Waals surface area contributed by atoms with Crippen molar-refractivity contribution in [2.75, 3.05) is 0 Å². The molecule has 1 aromatic carbocycles. The molecule has 2 N–H and O–H groups in total. The molecule has 0 bridgehead atoms. The Morgan fingerprint density at radius 1 is 0.941 bits per heavy atom. The average molecular weight is 256 g/mol. The lowest BCUT2D eigenvalue weighted by Crippen LogP contribution is -2.35. The van der Waals surface area contributed by atoms with Gasteiger partial charge in [-0.25, -0.2) is 26.7 Å². The summed E-state index contributed by atoms with van der Waals surface area (Å²) in [7, 11) is 0. The Morgan fingerprint density at radius 2 is 1.24 bits per heavy atom. The van der Waals surface area contributed by atoms with E-state index >= 15 is 0 Å². The average Bonchev–Trinajstić information content (AvgIpc) is 2.23. The van der Waals surface area contributed by atoms with Gasteiger partial charge in [-0.15, -0.1) is 0 Å². The second-order valence-electron chi connectivity index (χ2n) is 3.32. The summed E-state index contributed by atoms with van der Waals surface area (Å²) >= 11 is 0. The molecule has 1 atom stereocenters. The Morgan fingerprint density at radius 3 is 1.53 bits per heavy atom. The predicted molar refractivity (Wildman–Crippen MR) is 43.4 cm³/mol. The van der Waals surface area contributed by atoms with E-state index < -0.39 is 46.2 Å². The van der Waals surface area contributed by atoms with Crippen molar-refractivity contribution in [1.82, 2.24) is 0 Å². The molecule has 0 aliphatic carbocycles. The topological polar surface area (TPSA) is 57.5 Å². The summed E-state index contributed by atoms with van der Waals surface area (Å²) in [5.74, 6) is -14.0. The van der Waals surface area contributed by atoms with Gasteiger partial charge < -0.3 is 10.2 Å². The standard InChI is InChI=1S/C9H5F5O3/c1-9(17,8(15)16)2-3(10)5(12)7(14)6(13)4(2)11/h17H,1H3,(H,15,16). The summed E-state index contributed by atoms with van der Waals surface area (Å²) in [6.07, 6.45) is 0. The highest BCUT2D eigenvalue weighted by atomic mass is 19.2. The van der Waals surface area contributed by atoms with Gasteiger partial charge >= 0.3 is 5.97 Å². The van der Waals surface area contributed by atoms with Crippen LogP contribution in [0.3, 0.4) is 0 Å². The molecule has 0 saturated carbocycles. The van der Waals surface area contributed by atoms with Crippen molar-refractivity contribution < 1.29 is 37.0 Å². The van der Waals surface area contributed by atoms with Crippen molar-refractivity contribution >= 4 is 5.97 Å². The van der Waals surface area contributed by atoms with E-state index in [1.54, 1.807) is 0 Å². The number of aliphatic hydroxyl groups is 1. The third-order valence-corrected chi connectivity index (χ3v) is 2.11. The molecule has 1 aromatic rings. The van der Waals surface area contributed by atoms with Crippen LogP contribution in [0.25, 0.3) is 0 Å². The van der Waals surface area contributed by atoms with Gasteiger partial charge in [-0.2, -0.15) is 0 Å². The molecule has 0 spiro atoms. The summed E-state index contributed by atoms with van der Waals surface area (Å²) in [4.78, 5) is 10.5. The molecule has 17 heavy (non-hydrogen) atoms. The van der Waals surface area contributed by atoms with E-state index in [-0.39, 0.29) is 0 Å². The number of carbonyl (C=O) groups is 1. The molecular formula is C9H5F5O3. The Bertz CT molecular complexity index is 469. The molecule has 0 aliphatic heterocycles. The minimum absolute atomic E-state index is 0.396. The van der Waals surface area contributed by atoms with Crippen molar-refractivity contribution in [2.45, 2.75) is 12.5 Å². The molecule has 94 valence electrons. The predicted octanol–water partition coefficient (Wildman–Crippen LogP) is 1.67. The molecule has 1 unspecified atom stereocenters. The summed E-state index contributed by atoms with van der Waals surface area (Å²) in [6.45, 7) is 0.396. The summed E-state index contributed by atoms with van der Waals surface area (Å²) in [6, 6.07) is 0. The van der Waals surface area contributed by atoms with E-state index in [2.05, 4.69) is 0 Å². The lowest BCUT2D eigenvalue weighted by Gasteiger charge is -2.20. The molecule has 0 aliphatic rings. The van der Waals surface area contributed by atoms with Crippen molar-refractivity contribution in [2.24, 2.45) is 0 Å². The maximum Gasteiger partial charge on any atom is 0.340 e. The monoisotopic (exact) mass is 256 g/mol. The van der Waals surface area contributed by atoms with Gasteiger partial charge in [-0.1, -0.05) is 0 Å². The number of aliphatic carboxylic acids is 1. The van der Waals surface area contributed by atoms with Crippen molar-refractivity contribution in [3.8, 4) is 0 Å². The first-order valence-electron chi connectivity index (χ1n) is 4.10. The Hall–Kier alpha value is -1.70. The fourth-order valence-electron chi connectivity index (χ4n) is 1.14. The van der Waals surface area contributed by atoms with E-state index in [1.165, 1.54) is 0 Å². The molecule has 8 heteroatoms. The number of carboxylic acids is 1. The molecule has 0 amide bonds. The van der Waals surface area contributed by atoms with E-state index in [9.17, 15) is 31.9 Å². The van der Waals surface area contributed by atoms with Gasteiger partial charge in [-0.05, 0) is 6.92 Å².